The number of carbonyl (C=O) groups excluding carboxylic acids is 2. The van der Waals surface area contributed by atoms with E-state index in [0.717, 1.165) is 30.6 Å². The zero-order valence-corrected chi connectivity index (χ0v) is 27.1. The number of fused-ring (bicyclic) bond motifs is 1. The van der Waals surface area contributed by atoms with Crippen LogP contribution in [0.15, 0.2) is 29.4 Å². The number of halogens is 1. The molecule has 2 amide bonds. The molecule has 1 atom stereocenters. The van der Waals surface area contributed by atoms with Crippen LogP contribution in [-0.2, 0) is 16.0 Å². The lowest BCUT2D eigenvalue weighted by atomic mass is 10.00. The Morgan fingerprint density at radius 2 is 2.00 bits per heavy atom. The van der Waals surface area contributed by atoms with E-state index in [1.54, 1.807) is 24.2 Å². The van der Waals surface area contributed by atoms with Gasteiger partial charge in [0.15, 0.2) is 0 Å². The molecule has 43 heavy (non-hydrogen) atoms. The second kappa shape index (κ2) is 14.2. The minimum absolute atomic E-state index is 0.0205. The van der Waals surface area contributed by atoms with E-state index < -0.39 is 17.4 Å². The SMILES string of the molecule is CC.CCC(CCN(CC1(C)CC1)c1ccnc2c1CCN2C(=O)Nc1cc(F)c(N)c(C=NC)c1)C(=O)OC(C)(C)C. The molecule has 3 N–H and O–H groups in total. The minimum Gasteiger partial charge on any atom is -0.460 e. The summed E-state index contributed by atoms with van der Waals surface area (Å²) in [6.07, 6.45) is 7.54. The lowest BCUT2D eigenvalue weighted by Crippen LogP contribution is -2.35. The number of amides is 2. The predicted octanol–water partition coefficient (Wildman–Crippen LogP) is 6.84. The summed E-state index contributed by atoms with van der Waals surface area (Å²) in [5.74, 6) is -0.381. The van der Waals surface area contributed by atoms with Gasteiger partial charge in [0.05, 0.1) is 11.6 Å². The highest BCUT2D eigenvalue weighted by molar-refractivity contribution is 6.03. The summed E-state index contributed by atoms with van der Waals surface area (Å²) in [5.41, 5.74) is 8.23. The molecule has 1 aromatic heterocycles. The maximum Gasteiger partial charge on any atom is 0.327 e. The van der Waals surface area contributed by atoms with E-state index in [2.05, 4.69) is 27.1 Å². The molecule has 1 unspecified atom stereocenters. The van der Waals surface area contributed by atoms with Crippen molar-refractivity contribution in [1.82, 2.24) is 4.98 Å². The summed E-state index contributed by atoms with van der Waals surface area (Å²) in [4.78, 5) is 38.6. The number of carbonyl (C=O) groups is 2. The standard InChI is InChI=1S/C31H43FN6O3.C2H6/c1-7-20(28(39)41-30(2,3)4)9-14-37(19-31(5)11-12-31)25-8-13-35-27-23(25)10-15-38(27)29(40)36-22-16-21(18-34-6)26(33)24(32)17-22;1-2/h8,13,16-18,20H,7,9-12,14-15,19,33H2,1-6H3,(H,36,40);1-2H3. The van der Waals surface area contributed by atoms with Crippen LogP contribution < -0.4 is 20.9 Å². The Labute approximate surface area is 256 Å². The maximum absolute atomic E-state index is 14.4. The largest absolute Gasteiger partial charge is 0.460 e. The Morgan fingerprint density at radius 1 is 1.30 bits per heavy atom. The second-order valence-electron chi connectivity index (χ2n) is 12.5. The van der Waals surface area contributed by atoms with Gasteiger partial charge in [-0.05, 0) is 76.5 Å². The van der Waals surface area contributed by atoms with Gasteiger partial charge in [0.1, 0.15) is 17.2 Å². The fraction of sp³-hybridized carbons (Fsp3) is 0.576. The number of esters is 1. The summed E-state index contributed by atoms with van der Waals surface area (Å²) >= 11 is 0. The first kappa shape index (κ1) is 33.8. The minimum atomic E-state index is -0.624. The van der Waals surface area contributed by atoms with Crippen LogP contribution in [0, 0.1) is 17.2 Å². The number of aromatic nitrogens is 1. The molecular formula is C33H49FN6O3. The highest BCUT2D eigenvalue weighted by Gasteiger charge is 2.40. The second-order valence-corrected chi connectivity index (χ2v) is 12.5. The lowest BCUT2D eigenvalue weighted by Gasteiger charge is -2.31. The molecule has 236 valence electrons. The van der Waals surface area contributed by atoms with Gasteiger partial charge in [-0.1, -0.05) is 27.7 Å². The number of ether oxygens (including phenoxy) is 1. The van der Waals surface area contributed by atoms with Gasteiger partial charge < -0.3 is 20.7 Å². The molecule has 2 aliphatic rings. The molecule has 1 aliphatic carbocycles. The summed E-state index contributed by atoms with van der Waals surface area (Å²) in [6, 6.07) is 4.41. The van der Waals surface area contributed by atoms with E-state index in [1.165, 1.54) is 12.3 Å². The Hall–Kier alpha value is -3.69. The number of aliphatic imine (C=N–C) groups is 1. The van der Waals surface area contributed by atoms with Gasteiger partial charge in [-0.15, -0.1) is 0 Å². The monoisotopic (exact) mass is 596 g/mol. The van der Waals surface area contributed by atoms with Crippen molar-refractivity contribution in [2.45, 2.75) is 86.2 Å². The van der Waals surface area contributed by atoms with E-state index in [-0.39, 0.29) is 28.7 Å². The van der Waals surface area contributed by atoms with Crippen LogP contribution >= 0.6 is 0 Å². The van der Waals surface area contributed by atoms with Gasteiger partial charge in [0, 0.05) is 61.6 Å². The number of pyridine rings is 1. The molecule has 0 saturated heterocycles. The molecule has 2 aromatic rings. The summed E-state index contributed by atoms with van der Waals surface area (Å²) < 4.78 is 20.1. The quantitative estimate of drug-likeness (QED) is 0.176. The predicted molar refractivity (Wildman–Crippen MR) is 174 cm³/mol. The zero-order valence-electron chi connectivity index (χ0n) is 27.1. The summed E-state index contributed by atoms with van der Waals surface area (Å²) in [5, 5.41) is 2.79. The molecule has 9 nitrogen and oxygen atoms in total. The van der Waals surface area contributed by atoms with Crippen LogP contribution in [0.2, 0.25) is 0 Å². The van der Waals surface area contributed by atoms with Gasteiger partial charge in [-0.3, -0.25) is 14.7 Å². The topological polar surface area (TPSA) is 113 Å². The summed E-state index contributed by atoms with van der Waals surface area (Å²) in [6.45, 7) is 16.0. The van der Waals surface area contributed by atoms with Crippen molar-refractivity contribution in [2.75, 3.05) is 47.5 Å². The molecule has 0 spiro atoms. The molecule has 0 bridgehead atoms. The molecule has 1 aromatic carbocycles. The number of nitrogens with one attached hydrogen (secondary N) is 1. The number of nitrogen functional groups attached to an aromatic ring is 1. The Bertz CT molecular complexity index is 1320. The average molecular weight is 597 g/mol. The molecule has 10 heteroatoms. The van der Waals surface area contributed by atoms with E-state index in [9.17, 15) is 14.0 Å². The van der Waals surface area contributed by atoms with Crippen molar-refractivity contribution in [1.29, 1.82) is 0 Å². The van der Waals surface area contributed by atoms with Crippen LogP contribution in [0.4, 0.5) is 32.1 Å². The first-order valence-corrected chi connectivity index (χ1v) is 15.4. The van der Waals surface area contributed by atoms with Crippen molar-refractivity contribution >= 4 is 41.1 Å². The smallest absolute Gasteiger partial charge is 0.327 e. The number of nitrogens with zero attached hydrogens (tertiary/aromatic N) is 4. The fourth-order valence-corrected chi connectivity index (χ4v) is 5.22. The Morgan fingerprint density at radius 3 is 2.60 bits per heavy atom. The first-order valence-electron chi connectivity index (χ1n) is 15.4. The normalized spacial score (nSPS) is 15.8. The zero-order chi connectivity index (χ0) is 31.9. The van der Waals surface area contributed by atoms with Crippen LogP contribution in [0.3, 0.4) is 0 Å². The van der Waals surface area contributed by atoms with Crippen molar-refractivity contribution in [3.8, 4) is 0 Å². The van der Waals surface area contributed by atoms with Crippen molar-refractivity contribution in [2.24, 2.45) is 16.3 Å². The van der Waals surface area contributed by atoms with Crippen molar-refractivity contribution in [3.63, 3.8) is 0 Å². The third-order valence-electron chi connectivity index (χ3n) is 7.77. The van der Waals surface area contributed by atoms with Crippen molar-refractivity contribution in [3.05, 3.63) is 41.3 Å². The number of rotatable bonds is 10. The van der Waals surface area contributed by atoms with Crippen LogP contribution in [0.25, 0.3) is 0 Å². The molecule has 2 heterocycles. The fourth-order valence-electron chi connectivity index (χ4n) is 5.22. The first-order chi connectivity index (χ1) is 20.3. The van der Waals surface area contributed by atoms with Gasteiger partial charge in [-0.25, -0.2) is 14.2 Å². The molecular weight excluding hydrogens is 547 g/mol. The van der Waals surface area contributed by atoms with Gasteiger partial charge in [-0.2, -0.15) is 0 Å². The van der Waals surface area contributed by atoms with Crippen LogP contribution in [0.5, 0.6) is 0 Å². The highest BCUT2D eigenvalue weighted by atomic mass is 19.1. The molecule has 4 rings (SSSR count). The van der Waals surface area contributed by atoms with Gasteiger partial charge in [0.2, 0.25) is 0 Å². The van der Waals surface area contributed by atoms with Gasteiger partial charge in [0.25, 0.3) is 0 Å². The number of hydrogen-bond acceptors (Lipinski definition) is 7. The van der Waals surface area contributed by atoms with E-state index in [4.69, 9.17) is 10.5 Å². The maximum atomic E-state index is 14.4. The van der Waals surface area contributed by atoms with E-state index >= 15 is 0 Å². The molecule has 1 aliphatic heterocycles. The summed E-state index contributed by atoms with van der Waals surface area (Å²) in [7, 11) is 1.57. The van der Waals surface area contributed by atoms with E-state index in [1.807, 2.05) is 47.6 Å². The number of hydrogen-bond donors (Lipinski definition) is 2. The third-order valence-corrected chi connectivity index (χ3v) is 7.77. The molecule has 1 fully saturated rings. The highest BCUT2D eigenvalue weighted by Crippen LogP contribution is 2.47. The number of benzene rings is 1. The number of urea groups is 1. The van der Waals surface area contributed by atoms with Gasteiger partial charge >= 0.3 is 12.0 Å². The molecule has 1 saturated carbocycles. The number of anilines is 4. The van der Waals surface area contributed by atoms with Crippen LogP contribution in [0.1, 0.15) is 85.3 Å². The molecule has 0 radical (unpaired) electrons. The Kier molecular flexibility index (Phi) is 11.2. The number of nitrogens with two attached hydrogens (primary N) is 1. The lowest BCUT2D eigenvalue weighted by molar-refractivity contribution is -0.160. The average Bonchev–Trinajstić information content (AvgIpc) is 3.51. The van der Waals surface area contributed by atoms with Crippen molar-refractivity contribution < 1.29 is 18.7 Å². The Balaban J connectivity index is 0.00000248. The van der Waals surface area contributed by atoms with E-state index in [0.29, 0.717) is 43.7 Å². The van der Waals surface area contributed by atoms with Crippen LogP contribution in [-0.4, -0.2) is 55.5 Å². The third kappa shape index (κ3) is 8.67.